The summed E-state index contributed by atoms with van der Waals surface area (Å²) in [6, 6.07) is 0. The van der Waals surface area contributed by atoms with Gasteiger partial charge in [0.25, 0.3) is 0 Å². The van der Waals surface area contributed by atoms with Crippen molar-refractivity contribution in [2.45, 2.75) is 31.0 Å². The van der Waals surface area contributed by atoms with E-state index in [4.69, 9.17) is 9.47 Å². The van der Waals surface area contributed by atoms with Gasteiger partial charge in [-0.05, 0) is 0 Å². The third-order valence-corrected chi connectivity index (χ3v) is 2.05. The second-order valence-corrected chi connectivity index (χ2v) is 2.96. The Morgan fingerprint density at radius 1 is 1.62 bits per heavy atom. The molecular weight excluding hydrogens is 178 g/mol. The Kier molecular flexibility index (Phi) is 3.73. The summed E-state index contributed by atoms with van der Waals surface area (Å²) in [7, 11) is 1.37. The van der Waals surface area contributed by atoms with E-state index in [-0.39, 0.29) is 13.0 Å². The van der Waals surface area contributed by atoms with Crippen molar-refractivity contribution in [2.75, 3.05) is 13.7 Å². The van der Waals surface area contributed by atoms with E-state index in [0.717, 1.165) is 0 Å². The van der Waals surface area contributed by atoms with Crippen molar-refractivity contribution >= 4 is 0 Å². The fourth-order valence-electron chi connectivity index (χ4n) is 1.40. The normalized spacial score (nSPS) is 40.2. The minimum atomic E-state index is -1.19. The van der Waals surface area contributed by atoms with Crippen molar-refractivity contribution in [2.24, 2.45) is 5.18 Å². The maximum Gasteiger partial charge on any atom is 0.184 e. The van der Waals surface area contributed by atoms with E-state index in [2.05, 4.69) is 5.18 Å². The summed E-state index contributed by atoms with van der Waals surface area (Å²) in [5.74, 6) is 0. The van der Waals surface area contributed by atoms with Crippen molar-refractivity contribution in [3.8, 4) is 0 Å². The molecule has 4 atom stereocenters. The zero-order valence-electron chi connectivity index (χ0n) is 7.29. The molecule has 0 aliphatic carbocycles. The Morgan fingerprint density at radius 2 is 2.31 bits per heavy atom. The molecule has 1 rings (SSSR count). The van der Waals surface area contributed by atoms with Crippen LogP contribution in [0.2, 0.25) is 0 Å². The van der Waals surface area contributed by atoms with Gasteiger partial charge in [-0.3, -0.25) is 0 Å². The molecule has 0 amide bonds. The van der Waals surface area contributed by atoms with Crippen molar-refractivity contribution in [1.29, 1.82) is 0 Å². The highest BCUT2D eigenvalue weighted by Crippen LogP contribution is 2.21. The fraction of sp³-hybridized carbons (Fsp3) is 1.00. The standard InChI is InChI=1S/C7H13NO5/c1-12-6-5(9)2-4(3-8-11)13-7(6)10/h4-7,9-10H,2-3H2,1H3/t4-,5-,6+,7-/m0/s1. The lowest BCUT2D eigenvalue weighted by Crippen LogP contribution is -2.49. The van der Waals surface area contributed by atoms with Gasteiger partial charge >= 0.3 is 0 Å². The van der Waals surface area contributed by atoms with Crippen LogP contribution in [0.3, 0.4) is 0 Å². The van der Waals surface area contributed by atoms with Crippen molar-refractivity contribution in [1.82, 2.24) is 0 Å². The van der Waals surface area contributed by atoms with E-state index >= 15 is 0 Å². The topological polar surface area (TPSA) is 88.4 Å². The van der Waals surface area contributed by atoms with Crippen LogP contribution in [-0.4, -0.2) is 48.5 Å². The van der Waals surface area contributed by atoms with E-state index in [0.29, 0.717) is 0 Å². The Bertz CT molecular complexity index is 164. The van der Waals surface area contributed by atoms with Crippen LogP contribution in [-0.2, 0) is 9.47 Å². The Labute approximate surface area is 75.4 Å². The molecule has 1 saturated heterocycles. The number of nitrogens with zero attached hydrogens (tertiary/aromatic N) is 1. The maximum absolute atomic E-state index is 9.91. The Balaban J connectivity index is 2.50. The lowest BCUT2D eigenvalue weighted by molar-refractivity contribution is -0.251. The van der Waals surface area contributed by atoms with Crippen LogP contribution in [0.15, 0.2) is 5.18 Å². The molecule has 76 valence electrons. The zero-order chi connectivity index (χ0) is 9.84. The van der Waals surface area contributed by atoms with Crippen LogP contribution in [0.5, 0.6) is 0 Å². The molecule has 6 heteroatoms. The van der Waals surface area contributed by atoms with Gasteiger partial charge in [0.15, 0.2) is 6.29 Å². The summed E-state index contributed by atoms with van der Waals surface area (Å²) in [5.41, 5.74) is 0. The van der Waals surface area contributed by atoms with Crippen LogP contribution < -0.4 is 0 Å². The maximum atomic E-state index is 9.91. The van der Waals surface area contributed by atoms with E-state index < -0.39 is 24.6 Å². The van der Waals surface area contributed by atoms with Gasteiger partial charge in [-0.15, -0.1) is 0 Å². The predicted octanol–water partition coefficient (Wildman–Crippen LogP) is -0.764. The number of rotatable bonds is 3. The molecule has 0 aromatic heterocycles. The summed E-state index contributed by atoms with van der Waals surface area (Å²) in [6.45, 7) is -0.0649. The van der Waals surface area contributed by atoms with E-state index in [9.17, 15) is 15.1 Å². The second kappa shape index (κ2) is 4.61. The van der Waals surface area contributed by atoms with Gasteiger partial charge in [-0.25, -0.2) is 0 Å². The molecule has 0 bridgehead atoms. The first-order chi connectivity index (χ1) is 6.19. The molecule has 0 radical (unpaired) electrons. The molecule has 0 saturated carbocycles. The first kappa shape index (κ1) is 10.5. The number of aliphatic hydroxyl groups is 2. The van der Waals surface area contributed by atoms with Gasteiger partial charge in [0.05, 0.1) is 12.2 Å². The molecular formula is C7H13NO5. The van der Waals surface area contributed by atoms with E-state index in [1.807, 2.05) is 0 Å². The monoisotopic (exact) mass is 191 g/mol. The van der Waals surface area contributed by atoms with Crippen LogP contribution in [0.4, 0.5) is 0 Å². The second-order valence-electron chi connectivity index (χ2n) is 2.96. The van der Waals surface area contributed by atoms with Gasteiger partial charge in [0, 0.05) is 13.5 Å². The fourth-order valence-corrected chi connectivity index (χ4v) is 1.40. The average molecular weight is 191 g/mol. The highest BCUT2D eigenvalue weighted by atomic mass is 16.6. The first-order valence-corrected chi connectivity index (χ1v) is 4.02. The van der Waals surface area contributed by atoms with Crippen LogP contribution in [0.1, 0.15) is 6.42 Å². The SMILES string of the molecule is CO[C@@H]1[C@@H](O)C[C@@H](CN=O)O[C@@H]1O. The molecule has 13 heavy (non-hydrogen) atoms. The summed E-state index contributed by atoms with van der Waals surface area (Å²) >= 11 is 0. The molecule has 1 aliphatic rings. The van der Waals surface area contributed by atoms with Gasteiger partial charge in [0.1, 0.15) is 12.6 Å². The van der Waals surface area contributed by atoms with Crippen LogP contribution in [0, 0.1) is 4.91 Å². The van der Waals surface area contributed by atoms with Gasteiger partial charge in [-0.1, -0.05) is 5.18 Å². The third kappa shape index (κ3) is 2.44. The third-order valence-electron chi connectivity index (χ3n) is 2.05. The molecule has 1 fully saturated rings. The van der Waals surface area contributed by atoms with Gasteiger partial charge in [0.2, 0.25) is 0 Å². The number of nitroso groups, excluding NO2 is 1. The quantitative estimate of drug-likeness (QED) is 0.572. The zero-order valence-corrected chi connectivity index (χ0v) is 7.29. The highest BCUT2D eigenvalue weighted by molar-refractivity contribution is 4.82. The molecule has 0 aromatic carbocycles. The summed E-state index contributed by atoms with van der Waals surface area (Å²) < 4.78 is 9.79. The molecule has 1 heterocycles. The molecule has 1 aliphatic heterocycles. The smallest absolute Gasteiger partial charge is 0.184 e. The number of methoxy groups -OCH3 is 1. The van der Waals surface area contributed by atoms with E-state index in [1.54, 1.807) is 0 Å². The highest BCUT2D eigenvalue weighted by Gasteiger charge is 2.36. The number of hydrogen-bond donors (Lipinski definition) is 2. The summed E-state index contributed by atoms with van der Waals surface area (Å²) in [5, 5.41) is 21.4. The first-order valence-electron chi connectivity index (χ1n) is 4.02. The summed E-state index contributed by atoms with van der Waals surface area (Å²) in [6.07, 6.45) is -3.03. The van der Waals surface area contributed by atoms with Crippen LogP contribution >= 0.6 is 0 Å². The van der Waals surface area contributed by atoms with E-state index in [1.165, 1.54) is 7.11 Å². The largest absolute Gasteiger partial charge is 0.390 e. The van der Waals surface area contributed by atoms with Crippen LogP contribution in [0.25, 0.3) is 0 Å². The minimum absolute atomic E-state index is 0.0649. The predicted molar refractivity (Wildman–Crippen MR) is 43.0 cm³/mol. The lowest BCUT2D eigenvalue weighted by atomic mass is 10.0. The lowest BCUT2D eigenvalue weighted by Gasteiger charge is -2.35. The van der Waals surface area contributed by atoms with Gasteiger partial charge in [-0.2, -0.15) is 4.91 Å². The number of ether oxygens (including phenoxy) is 2. The Hall–Kier alpha value is -0.560. The molecule has 0 spiro atoms. The number of aliphatic hydroxyl groups excluding tert-OH is 2. The van der Waals surface area contributed by atoms with Crippen molar-refractivity contribution in [3.05, 3.63) is 4.91 Å². The summed E-state index contributed by atoms with van der Waals surface area (Å²) in [4.78, 5) is 9.91. The molecule has 2 N–H and O–H groups in total. The minimum Gasteiger partial charge on any atom is -0.390 e. The van der Waals surface area contributed by atoms with Gasteiger partial charge < -0.3 is 19.7 Å². The average Bonchev–Trinajstić information content (AvgIpc) is 2.04. The molecule has 0 aromatic rings. The number of hydrogen-bond acceptors (Lipinski definition) is 6. The molecule has 6 nitrogen and oxygen atoms in total. The van der Waals surface area contributed by atoms with Crippen molar-refractivity contribution in [3.63, 3.8) is 0 Å². The van der Waals surface area contributed by atoms with Crippen molar-refractivity contribution < 1.29 is 19.7 Å². The molecule has 0 unspecified atom stereocenters. The Morgan fingerprint density at radius 3 is 2.77 bits per heavy atom.